The topological polar surface area (TPSA) is 66.6 Å². The standard InChI is InChI=1S/C14H20N2O2/c1-10-7-12(4-3-11(10)8-17)16-6-5-14(2,9-16)13(15)18/h3-4,7,17H,5-6,8-9H2,1-2H3,(H2,15,18). The summed E-state index contributed by atoms with van der Waals surface area (Å²) in [6, 6.07) is 5.98. The number of nitrogens with two attached hydrogens (primary N) is 1. The summed E-state index contributed by atoms with van der Waals surface area (Å²) in [6.07, 6.45) is 0.795. The number of carbonyl (C=O) groups is 1. The fourth-order valence-electron chi connectivity index (χ4n) is 2.44. The molecule has 0 aliphatic carbocycles. The molecule has 0 aromatic heterocycles. The fourth-order valence-corrected chi connectivity index (χ4v) is 2.44. The first-order valence-electron chi connectivity index (χ1n) is 6.21. The highest BCUT2D eigenvalue weighted by Crippen LogP contribution is 2.33. The molecule has 1 aliphatic heterocycles. The SMILES string of the molecule is Cc1cc(N2CCC(C)(C(N)=O)C2)ccc1CO. The Morgan fingerprint density at radius 1 is 1.56 bits per heavy atom. The van der Waals surface area contributed by atoms with Gasteiger partial charge >= 0.3 is 0 Å². The predicted octanol–water partition coefficient (Wildman–Crippen LogP) is 1.19. The molecule has 1 aliphatic rings. The smallest absolute Gasteiger partial charge is 0.225 e. The Bertz CT molecular complexity index is 473. The summed E-state index contributed by atoms with van der Waals surface area (Å²) < 4.78 is 0. The Kier molecular flexibility index (Phi) is 3.30. The van der Waals surface area contributed by atoms with Gasteiger partial charge in [-0.25, -0.2) is 0 Å². The van der Waals surface area contributed by atoms with E-state index in [1.165, 1.54) is 0 Å². The van der Waals surface area contributed by atoms with Crippen molar-refractivity contribution >= 4 is 11.6 Å². The van der Waals surface area contributed by atoms with Crippen molar-refractivity contribution in [3.63, 3.8) is 0 Å². The summed E-state index contributed by atoms with van der Waals surface area (Å²) >= 11 is 0. The van der Waals surface area contributed by atoms with E-state index in [0.29, 0.717) is 6.54 Å². The van der Waals surface area contributed by atoms with Crippen molar-refractivity contribution < 1.29 is 9.90 Å². The van der Waals surface area contributed by atoms with Crippen molar-refractivity contribution in [2.45, 2.75) is 26.9 Å². The third-order valence-electron chi connectivity index (χ3n) is 3.93. The molecular formula is C14H20N2O2. The Hall–Kier alpha value is -1.55. The van der Waals surface area contributed by atoms with Gasteiger partial charge in [0.1, 0.15) is 0 Å². The minimum Gasteiger partial charge on any atom is -0.392 e. The number of carbonyl (C=O) groups excluding carboxylic acids is 1. The van der Waals surface area contributed by atoms with Gasteiger partial charge in [0.05, 0.1) is 12.0 Å². The van der Waals surface area contributed by atoms with Gasteiger partial charge in [-0.1, -0.05) is 6.07 Å². The van der Waals surface area contributed by atoms with E-state index in [4.69, 9.17) is 10.8 Å². The highest BCUT2D eigenvalue weighted by molar-refractivity contribution is 5.82. The molecule has 1 atom stereocenters. The molecule has 1 unspecified atom stereocenters. The maximum atomic E-state index is 11.4. The average Bonchev–Trinajstić information content (AvgIpc) is 2.73. The largest absolute Gasteiger partial charge is 0.392 e. The van der Waals surface area contributed by atoms with Gasteiger partial charge in [0.2, 0.25) is 5.91 Å². The molecular weight excluding hydrogens is 228 g/mol. The molecule has 1 fully saturated rings. The molecule has 98 valence electrons. The van der Waals surface area contributed by atoms with Crippen LogP contribution in [0.5, 0.6) is 0 Å². The van der Waals surface area contributed by atoms with Gasteiger partial charge in [0, 0.05) is 18.8 Å². The van der Waals surface area contributed by atoms with E-state index in [0.717, 1.165) is 29.8 Å². The lowest BCUT2D eigenvalue weighted by molar-refractivity contribution is -0.125. The Labute approximate surface area is 107 Å². The van der Waals surface area contributed by atoms with E-state index in [9.17, 15) is 4.79 Å². The van der Waals surface area contributed by atoms with E-state index in [1.807, 2.05) is 26.0 Å². The Morgan fingerprint density at radius 3 is 2.78 bits per heavy atom. The number of anilines is 1. The number of hydrogen-bond donors (Lipinski definition) is 2. The lowest BCUT2D eigenvalue weighted by Gasteiger charge is -2.23. The molecule has 1 heterocycles. The van der Waals surface area contributed by atoms with Crippen molar-refractivity contribution in [1.29, 1.82) is 0 Å². The highest BCUT2D eigenvalue weighted by atomic mass is 16.3. The maximum Gasteiger partial charge on any atom is 0.225 e. The molecule has 0 bridgehead atoms. The third kappa shape index (κ3) is 2.20. The summed E-state index contributed by atoms with van der Waals surface area (Å²) in [4.78, 5) is 13.6. The van der Waals surface area contributed by atoms with E-state index >= 15 is 0 Å². The normalized spacial score (nSPS) is 23.4. The molecule has 4 heteroatoms. The Morgan fingerprint density at radius 2 is 2.28 bits per heavy atom. The quantitative estimate of drug-likeness (QED) is 0.844. The van der Waals surface area contributed by atoms with Crippen molar-refractivity contribution in [1.82, 2.24) is 0 Å². The number of amides is 1. The molecule has 0 radical (unpaired) electrons. The number of aliphatic hydroxyl groups is 1. The van der Waals surface area contributed by atoms with Crippen LogP contribution in [0.15, 0.2) is 18.2 Å². The van der Waals surface area contributed by atoms with Crippen LogP contribution in [0.1, 0.15) is 24.5 Å². The molecule has 4 nitrogen and oxygen atoms in total. The minimum atomic E-state index is -0.427. The van der Waals surface area contributed by atoms with Crippen LogP contribution in [0.2, 0.25) is 0 Å². The van der Waals surface area contributed by atoms with Crippen molar-refractivity contribution in [3.8, 4) is 0 Å². The van der Waals surface area contributed by atoms with Crippen LogP contribution >= 0.6 is 0 Å². The van der Waals surface area contributed by atoms with Gasteiger partial charge in [-0.05, 0) is 43.5 Å². The Balaban J connectivity index is 2.19. The van der Waals surface area contributed by atoms with Gasteiger partial charge in [-0.15, -0.1) is 0 Å². The van der Waals surface area contributed by atoms with E-state index < -0.39 is 5.41 Å². The number of aryl methyl sites for hydroxylation is 1. The second kappa shape index (κ2) is 4.61. The molecule has 1 aromatic rings. The number of benzene rings is 1. The number of primary amides is 1. The van der Waals surface area contributed by atoms with Crippen LogP contribution in [0.25, 0.3) is 0 Å². The minimum absolute atomic E-state index is 0.0606. The van der Waals surface area contributed by atoms with Crippen LogP contribution in [-0.2, 0) is 11.4 Å². The van der Waals surface area contributed by atoms with Gasteiger partial charge in [0.15, 0.2) is 0 Å². The summed E-state index contributed by atoms with van der Waals surface area (Å²) in [6.45, 7) is 5.48. The van der Waals surface area contributed by atoms with Crippen molar-refractivity contribution in [3.05, 3.63) is 29.3 Å². The second-order valence-corrected chi connectivity index (χ2v) is 5.37. The molecule has 1 saturated heterocycles. The zero-order chi connectivity index (χ0) is 13.3. The summed E-state index contributed by atoms with van der Waals surface area (Å²) in [5.74, 6) is -0.228. The van der Waals surface area contributed by atoms with Crippen LogP contribution in [-0.4, -0.2) is 24.1 Å². The van der Waals surface area contributed by atoms with Crippen LogP contribution in [0.4, 0.5) is 5.69 Å². The first-order valence-corrected chi connectivity index (χ1v) is 6.21. The lowest BCUT2D eigenvalue weighted by Crippen LogP contribution is -2.37. The van der Waals surface area contributed by atoms with Gasteiger partial charge in [-0.3, -0.25) is 4.79 Å². The predicted molar refractivity (Wildman–Crippen MR) is 71.2 cm³/mol. The number of rotatable bonds is 3. The van der Waals surface area contributed by atoms with Crippen molar-refractivity contribution in [2.24, 2.45) is 11.1 Å². The molecule has 3 N–H and O–H groups in total. The average molecular weight is 248 g/mol. The van der Waals surface area contributed by atoms with Crippen LogP contribution in [0.3, 0.4) is 0 Å². The monoisotopic (exact) mass is 248 g/mol. The molecule has 1 amide bonds. The second-order valence-electron chi connectivity index (χ2n) is 5.37. The molecule has 0 saturated carbocycles. The summed E-state index contributed by atoms with van der Waals surface area (Å²) in [5, 5.41) is 9.16. The number of nitrogens with zero attached hydrogens (tertiary/aromatic N) is 1. The third-order valence-corrected chi connectivity index (χ3v) is 3.93. The zero-order valence-electron chi connectivity index (χ0n) is 10.9. The molecule has 1 aromatic carbocycles. The summed E-state index contributed by atoms with van der Waals surface area (Å²) in [5.41, 5.74) is 8.13. The van der Waals surface area contributed by atoms with Crippen LogP contribution < -0.4 is 10.6 Å². The number of hydrogen-bond acceptors (Lipinski definition) is 3. The van der Waals surface area contributed by atoms with Crippen LogP contribution in [0, 0.1) is 12.3 Å². The molecule has 2 rings (SSSR count). The first-order chi connectivity index (χ1) is 8.46. The molecule has 18 heavy (non-hydrogen) atoms. The maximum absolute atomic E-state index is 11.4. The van der Waals surface area contributed by atoms with Gasteiger partial charge in [-0.2, -0.15) is 0 Å². The van der Waals surface area contributed by atoms with Crippen molar-refractivity contribution in [2.75, 3.05) is 18.0 Å². The highest BCUT2D eigenvalue weighted by Gasteiger charge is 2.38. The lowest BCUT2D eigenvalue weighted by atomic mass is 9.89. The van der Waals surface area contributed by atoms with E-state index in [-0.39, 0.29) is 12.5 Å². The zero-order valence-corrected chi connectivity index (χ0v) is 10.9. The summed E-state index contributed by atoms with van der Waals surface area (Å²) in [7, 11) is 0. The van der Waals surface area contributed by atoms with Gasteiger partial charge < -0.3 is 15.7 Å². The number of aliphatic hydroxyl groups excluding tert-OH is 1. The van der Waals surface area contributed by atoms with Gasteiger partial charge in [0.25, 0.3) is 0 Å². The van der Waals surface area contributed by atoms with E-state index in [2.05, 4.69) is 11.0 Å². The van der Waals surface area contributed by atoms with E-state index in [1.54, 1.807) is 0 Å². The fraction of sp³-hybridized carbons (Fsp3) is 0.500. The molecule has 0 spiro atoms. The first kappa shape index (κ1) is 12.9.